The molecule has 30 heavy (non-hydrogen) atoms. The lowest BCUT2D eigenvalue weighted by atomic mass is 10.1. The molecule has 3 aromatic rings. The summed E-state index contributed by atoms with van der Waals surface area (Å²) in [5.74, 6) is -0.0208. The first-order chi connectivity index (χ1) is 14.5. The van der Waals surface area contributed by atoms with Crippen LogP contribution >= 0.6 is 0 Å². The standard InChI is InChI=1S/C23H23N3O4/c1-3-17-8-4-5-10-20(17)24-15-16-7-6-9-18(13-16)23(27)25-21-14-19(26(28)29)11-12-22(21)30-2/h4-14,24H,3,15H2,1-2H3,(H,25,27). The molecule has 0 bridgehead atoms. The van der Waals surface area contributed by atoms with E-state index >= 15 is 0 Å². The number of carbonyl (C=O) groups is 1. The van der Waals surface area contributed by atoms with Crippen LogP contribution in [-0.4, -0.2) is 17.9 Å². The summed E-state index contributed by atoms with van der Waals surface area (Å²) in [5.41, 5.74) is 3.81. The zero-order valence-corrected chi connectivity index (χ0v) is 16.8. The van der Waals surface area contributed by atoms with Gasteiger partial charge in [0, 0.05) is 29.9 Å². The van der Waals surface area contributed by atoms with Crippen molar-refractivity contribution in [2.45, 2.75) is 19.9 Å². The van der Waals surface area contributed by atoms with Gasteiger partial charge in [-0.25, -0.2) is 0 Å². The van der Waals surface area contributed by atoms with Crippen LogP contribution in [0.15, 0.2) is 66.7 Å². The van der Waals surface area contributed by atoms with Crippen LogP contribution in [0.1, 0.15) is 28.4 Å². The first kappa shape index (κ1) is 20.9. The van der Waals surface area contributed by atoms with E-state index in [1.54, 1.807) is 12.1 Å². The number of hydrogen-bond acceptors (Lipinski definition) is 5. The van der Waals surface area contributed by atoms with E-state index in [2.05, 4.69) is 23.6 Å². The second-order valence-electron chi connectivity index (χ2n) is 6.66. The molecule has 3 aromatic carbocycles. The molecular weight excluding hydrogens is 382 g/mol. The molecule has 154 valence electrons. The quantitative estimate of drug-likeness (QED) is 0.405. The minimum atomic E-state index is -0.518. The van der Waals surface area contributed by atoms with Crippen LogP contribution in [-0.2, 0) is 13.0 Å². The van der Waals surface area contributed by atoms with Crippen molar-refractivity contribution in [3.05, 3.63) is 93.5 Å². The molecular formula is C23H23N3O4. The molecule has 0 atom stereocenters. The number of ether oxygens (including phenoxy) is 1. The van der Waals surface area contributed by atoms with Crippen molar-refractivity contribution in [1.29, 1.82) is 0 Å². The molecule has 7 nitrogen and oxygen atoms in total. The number of nitrogens with zero attached hydrogens (tertiary/aromatic N) is 1. The Morgan fingerprint density at radius 2 is 1.83 bits per heavy atom. The molecule has 0 spiro atoms. The van der Waals surface area contributed by atoms with Gasteiger partial charge in [0.2, 0.25) is 0 Å². The van der Waals surface area contributed by atoms with Crippen LogP contribution in [0.2, 0.25) is 0 Å². The smallest absolute Gasteiger partial charge is 0.271 e. The van der Waals surface area contributed by atoms with E-state index in [0.29, 0.717) is 17.9 Å². The second kappa shape index (κ2) is 9.56. The molecule has 0 saturated heterocycles. The molecule has 0 aliphatic rings. The molecule has 7 heteroatoms. The maximum Gasteiger partial charge on any atom is 0.271 e. The SMILES string of the molecule is CCc1ccccc1NCc1cccc(C(=O)Nc2cc([N+](=O)[O-])ccc2OC)c1. The predicted molar refractivity (Wildman–Crippen MR) is 117 cm³/mol. The Labute approximate surface area is 174 Å². The van der Waals surface area contributed by atoms with Crippen LogP contribution < -0.4 is 15.4 Å². The molecule has 0 aliphatic carbocycles. The van der Waals surface area contributed by atoms with E-state index in [-0.39, 0.29) is 17.3 Å². The molecule has 0 unspecified atom stereocenters. The zero-order valence-electron chi connectivity index (χ0n) is 16.8. The van der Waals surface area contributed by atoms with E-state index in [4.69, 9.17) is 4.74 Å². The average Bonchev–Trinajstić information content (AvgIpc) is 2.77. The van der Waals surface area contributed by atoms with Crippen molar-refractivity contribution in [2.75, 3.05) is 17.7 Å². The van der Waals surface area contributed by atoms with Crippen molar-refractivity contribution in [3.8, 4) is 5.75 Å². The van der Waals surface area contributed by atoms with Gasteiger partial charge in [-0.05, 0) is 41.8 Å². The number of para-hydroxylation sites is 1. The Balaban J connectivity index is 1.75. The summed E-state index contributed by atoms with van der Waals surface area (Å²) in [6, 6.07) is 19.4. The fraction of sp³-hybridized carbons (Fsp3) is 0.174. The fourth-order valence-electron chi connectivity index (χ4n) is 3.12. The van der Waals surface area contributed by atoms with Crippen LogP contribution in [0.4, 0.5) is 17.1 Å². The lowest BCUT2D eigenvalue weighted by Gasteiger charge is -2.12. The third-order valence-corrected chi connectivity index (χ3v) is 4.71. The highest BCUT2D eigenvalue weighted by atomic mass is 16.6. The molecule has 0 aromatic heterocycles. The van der Waals surface area contributed by atoms with Gasteiger partial charge in [-0.1, -0.05) is 37.3 Å². The number of rotatable bonds is 8. The van der Waals surface area contributed by atoms with Crippen LogP contribution in [0, 0.1) is 10.1 Å². The lowest BCUT2D eigenvalue weighted by Crippen LogP contribution is -2.13. The number of nitrogens with one attached hydrogen (secondary N) is 2. The molecule has 0 saturated carbocycles. The Hall–Kier alpha value is -3.87. The summed E-state index contributed by atoms with van der Waals surface area (Å²) in [6.45, 7) is 2.67. The Morgan fingerprint density at radius 3 is 2.57 bits per heavy atom. The Morgan fingerprint density at radius 1 is 1.03 bits per heavy atom. The predicted octanol–water partition coefficient (Wildman–Crippen LogP) is 5.03. The number of methoxy groups -OCH3 is 1. The maximum atomic E-state index is 12.7. The molecule has 0 heterocycles. The Bertz CT molecular complexity index is 1070. The van der Waals surface area contributed by atoms with Crippen LogP contribution in [0.25, 0.3) is 0 Å². The third kappa shape index (κ3) is 4.94. The Kier molecular flexibility index (Phi) is 6.64. The highest BCUT2D eigenvalue weighted by Crippen LogP contribution is 2.29. The zero-order chi connectivity index (χ0) is 21.5. The number of aryl methyl sites for hydroxylation is 1. The van der Waals surface area contributed by atoms with E-state index in [1.165, 1.54) is 30.9 Å². The largest absolute Gasteiger partial charge is 0.495 e. The number of hydrogen-bond donors (Lipinski definition) is 2. The van der Waals surface area contributed by atoms with Gasteiger partial charge in [0.25, 0.3) is 11.6 Å². The van der Waals surface area contributed by atoms with Gasteiger partial charge >= 0.3 is 0 Å². The summed E-state index contributed by atoms with van der Waals surface area (Å²) < 4.78 is 5.20. The summed E-state index contributed by atoms with van der Waals surface area (Å²) in [5, 5.41) is 17.1. The normalized spacial score (nSPS) is 10.3. The minimum absolute atomic E-state index is 0.126. The number of nitro groups is 1. The molecule has 3 rings (SSSR count). The van der Waals surface area contributed by atoms with Gasteiger partial charge in [-0.3, -0.25) is 14.9 Å². The number of nitro benzene ring substituents is 1. The minimum Gasteiger partial charge on any atom is -0.495 e. The van der Waals surface area contributed by atoms with E-state index in [1.807, 2.05) is 30.3 Å². The van der Waals surface area contributed by atoms with Crippen LogP contribution in [0.5, 0.6) is 5.75 Å². The monoisotopic (exact) mass is 405 g/mol. The van der Waals surface area contributed by atoms with Crippen molar-refractivity contribution < 1.29 is 14.5 Å². The fourth-order valence-corrected chi connectivity index (χ4v) is 3.12. The van der Waals surface area contributed by atoms with Crippen molar-refractivity contribution in [1.82, 2.24) is 0 Å². The van der Waals surface area contributed by atoms with E-state index in [0.717, 1.165) is 17.7 Å². The van der Waals surface area contributed by atoms with E-state index < -0.39 is 4.92 Å². The topological polar surface area (TPSA) is 93.5 Å². The summed E-state index contributed by atoms with van der Waals surface area (Å²) in [4.78, 5) is 23.2. The first-order valence-corrected chi connectivity index (χ1v) is 9.56. The van der Waals surface area contributed by atoms with Gasteiger partial charge in [0.1, 0.15) is 5.75 Å². The molecule has 0 radical (unpaired) electrons. The highest BCUT2D eigenvalue weighted by Gasteiger charge is 2.15. The van der Waals surface area contributed by atoms with Gasteiger partial charge in [0.05, 0.1) is 17.7 Å². The summed E-state index contributed by atoms with van der Waals surface area (Å²) >= 11 is 0. The second-order valence-corrected chi connectivity index (χ2v) is 6.66. The van der Waals surface area contributed by atoms with E-state index in [9.17, 15) is 14.9 Å². The van der Waals surface area contributed by atoms with Gasteiger partial charge in [-0.2, -0.15) is 0 Å². The molecule has 0 fully saturated rings. The summed E-state index contributed by atoms with van der Waals surface area (Å²) in [6.07, 6.45) is 0.927. The third-order valence-electron chi connectivity index (χ3n) is 4.71. The van der Waals surface area contributed by atoms with Gasteiger partial charge < -0.3 is 15.4 Å². The number of non-ortho nitro benzene ring substituents is 1. The van der Waals surface area contributed by atoms with Crippen molar-refractivity contribution >= 4 is 23.0 Å². The van der Waals surface area contributed by atoms with Gasteiger partial charge in [-0.15, -0.1) is 0 Å². The number of anilines is 2. The number of carbonyl (C=O) groups excluding carboxylic acids is 1. The molecule has 2 N–H and O–H groups in total. The lowest BCUT2D eigenvalue weighted by molar-refractivity contribution is -0.384. The summed E-state index contributed by atoms with van der Waals surface area (Å²) in [7, 11) is 1.44. The molecule has 0 aliphatic heterocycles. The van der Waals surface area contributed by atoms with Crippen molar-refractivity contribution in [3.63, 3.8) is 0 Å². The molecule has 1 amide bonds. The van der Waals surface area contributed by atoms with Crippen molar-refractivity contribution in [2.24, 2.45) is 0 Å². The maximum absolute atomic E-state index is 12.7. The number of benzene rings is 3. The van der Waals surface area contributed by atoms with Gasteiger partial charge in [0.15, 0.2) is 0 Å². The first-order valence-electron chi connectivity index (χ1n) is 9.56. The average molecular weight is 405 g/mol. The highest BCUT2D eigenvalue weighted by molar-refractivity contribution is 6.05. The van der Waals surface area contributed by atoms with Crippen LogP contribution in [0.3, 0.4) is 0 Å². The number of amides is 1.